The van der Waals surface area contributed by atoms with E-state index in [4.69, 9.17) is 0 Å². The van der Waals surface area contributed by atoms with E-state index in [1.165, 1.54) is 11.1 Å². The monoisotopic (exact) mass is 284 g/mol. The van der Waals surface area contributed by atoms with Gasteiger partial charge in [-0.25, -0.2) is 4.98 Å². The van der Waals surface area contributed by atoms with Crippen LogP contribution in [0.15, 0.2) is 30.5 Å². The Balaban J connectivity index is 2.01. The first-order valence-corrected chi connectivity index (χ1v) is 7.46. The maximum absolute atomic E-state index is 4.48. The molecule has 112 valence electrons. The summed E-state index contributed by atoms with van der Waals surface area (Å²) in [4.78, 5) is 8.75. The van der Waals surface area contributed by atoms with E-state index in [0.29, 0.717) is 11.9 Å². The Morgan fingerprint density at radius 3 is 2.62 bits per heavy atom. The highest BCUT2D eigenvalue weighted by molar-refractivity contribution is 5.56. The standard InChI is InChI=1S/C17H24N4/c1-12(2)7-9-18-16-8-10-19-17(21-16)20-15-6-5-13(3)14(4)11-15/h5-6,8,10-12H,7,9H2,1-4H3,(H2,18,19,20,21). The second kappa shape index (κ2) is 7.07. The van der Waals surface area contributed by atoms with Crippen molar-refractivity contribution >= 4 is 17.5 Å². The van der Waals surface area contributed by atoms with Crippen molar-refractivity contribution in [2.75, 3.05) is 17.2 Å². The third-order valence-corrected chi connectivity index (χ3v) is 3.45. The lowest BCUT2D eigenvalue weighted by atomic mass is 10.1. The molecule has 1 aromatic heterocycles. The molecule has 2 aromatic rings. The van der Waals surface area contributed by atoms with E-state index in [0.717, 1.165) is 24.5 Å². The molecular formula is C17H24N4. The van der Waals surface area contributed by atoms with Gasteiger partial charge in [0.1, 0.15) is 5.82 Å². The molecule has 4 nitrogen and oxygen atoms in total. The van der Waals surface area contributed by atoms with Gasteiger partial charge in [-0.1, -0.05) is 19.9 Å². The van der Waals surface area contributed by atoms with Crippen molar-refractivity contribution in [3.63, 3.8) is 0 Å². The van der Waals surface area contributed by atoms with Gasteiger partial charge in [0.25, 0.3) is 0 Å². The molecule has 0 spiro atoms. The SMILES string of the molecule is Cc1ccc(Nc2nccc(NCCC(C)C)n2)cc1C. The van der Waals surface area contributed by atoms with Gasteiger partial charge in [0.05, 0.1) is 0 Å². The summed E-state index contributed by atoms with van der Waals surface area (Å²) in [6, 6.07) is 8.15. The quantitative estimate of drug-likeness (QED) is 0.830. The number of nitrogens with zero attached hydrogens (tertiary/aromatic N) is 2. The summed E-state index contributed by atoms with van der Waals surface area (Å²) in [5.74, 6) is 2.16. The normalized spacial score (nSPS) is 10.7. The molecule has 0 saturated carbocycles. The van der Waals surface area contributed by atoms with Crippen molar-refractivity contribution < 1.29 is 0 Å². The lowest BCUT2D eigenvalue weighted by Gasteiger charge is -2.10. The number of aryl methyl sites for hydroxylation is 2. The summed E-state index contributed by atoms with van der Waals surface area (Å²) in [5, 5.41) is 6.58. The molecule has 0 atom stereocenters. The molecule has 0 saturated heterocycles. The molecule has 0 radical (unpaired) electrons. The zero-order valence-electron chi connectivity index (χ0n) is 13.3. The van der Waals surface area contributed by atoms with E-state index < -0.39 is 0 Å². The summed E-state index contributed by atoms with van der Waals surface area (Å²) in [5.41, 5.74) is 3.55. The van der Waals surface area contributed by atoms with Crippen molar-refractivity contribution in [3.05, 3.63) is 41.6 Å². The summed E-state index contributed by atoms with van der Waals surface area (Å²) >= 11 is 0. The average Bonchev–Trinajstić information content (AvgIpc) is 2.43. The van der Waals surface area contributed by atoms with E-state index in [1.807, 2.05) is 12.1 Å². The predicted octanol–water partition coefficient (Wildman–Crippen LogP) is 4.30. The number of rotatable bonds is 6. The van der Waals surface area contributed by atoms with E-state index in [-0.39, 0.29) is 0 Å². The van der Waals surface area contributed by atoms with Crippen LogP contribution in [0.2, 0.25) is 0 Å². The number of aromatic nitrogens is 2. The molecule has 0 bridgehead atoms. The minimum absolute atomic E-state index is 0.618. The first-order chi connectivity index (χ1) is 10.0. The van der Waals surface area contributed by atoms with Gasteiger partial charge >= 0.3 is 0 Å². The molecule has 0 aliphatic rings. The highest BCUT2D eigenvalue weighted by Gasteiger charge is 2.02. The van der Waals surface area contributed by atoms with Crippen LogP contribution in [0, 0.1) is 19.8 Å². The van der Waals surface area contributed by atoms with Crippen LogP contribution in [0.4, 0.5) is 17.5 Å². The van der Waals surface area contributed by atoms with Crippen LogP contribution in [-0.4, -0.2) is 16.5 Å². The van der Waals surface area contributed by atoms with E-state index in [1.54, 1.807) is 6.20 Å². The lowest BCUT2D eigenvalue weighted by molar-refractivity contribution is 0.606. The third kappa shape index (κ3) is 4.74. The number of anilines is 3. The maximum atomic E-state index is 4.48. The first-order valence-electron chi connectivity index (χ1n) is 7.46. The van der Waals surface area contributed by atoms with Crippen LogP contribution < -0.4 is 10.6 Å². The van der Waals surface area contributed by atoms with Crippen LogP contribution in [0.25, 0.3) is 0 Å². The van der Waals surface area contributed by atoms with Crippen molar-refractivity contribution in [3.8, 4) is 0 Å². The smallest absolute Gasteiger partial charge is 0.229 e. The van der Waals surface area contributed by atoms with E-state index in [9.17, 15) is 0 Å². The molecular weight excluding hydrogens is 260 g/mol. The summed E-state index contributed by atoms with van der Waals surface area (Å²) in [6.45, 7) is 9.57. The van der Waals surface area contributed by atoms with Crippen molar-refractivity contribution in [2.24, 2.45) is 5.92 Å². The minimum Gasteiger partial charge on any atom is -0.370 e. The van der Waals surface area contributed by atoms with Gasteiger partial charge < -0.3 is 10.6 Å². The minimum atomic E-state index is 0.618. The first kappa shape index (κ1) is 15.3. The third-order valence-electron chi connectivity index (χ3n) is 3.45. The number of benzene rings is 1. The molecule has 0 unspecified atom stereocenters. The molecule has 1 aromatic carbocycles. The number of hydrogen-bond donors (Lipinski definition) is 2. The van der Waals surface area contributed by atoms with Gasteiger partial charge in [-0.2, -0.15) is 4.98 Å². The van der Waals surface area contributed by atoms with E-state index >= 15 is 0 Å². The number of hydrogen-bond acceptors (Lipinski definition) is 4. The Kier molecular flexibility index (Phi) is 5.14. The zero-order chi connectivity index (χ0) is 15.2. The zero-order valence-corrected chi connectivity index (χ0v) is 13.3. The van der Waals surface area contributed by atoms with Gasteiger partial charge in [-0.3, -0.25) is 0 Å². The molecule has 4 heteroatoms. The molecule has 0 aliphatic carbocycles. The lowest BCUT2D eigenvalue weighted by Crippen LogP contribution is -2.07. The van der Waals surface area contributed by atoms with Crippen LogP contribution >= 0.6 is 0 Å². The van der Waals surface area contributed by atoms with Gasteiger partial charge in [0.2, 0.25) is 5.95 Å². The fraction of sp³-hybridized carbons (Fsp3) is 0.412. The topological polar surface area (TPSA) is 49.8 Å². The largest absolute Gasteiger partial charge is 0.370 e. The fourth-order valence-corrected chi connectivity index (χ4v) is 1.95. The van der Waals surface area contributed by atoms with Crippen LogP contribution in [0.3, 0.4) is 0 Å². The Hall–Kier alpha value is -2.10. The molecule has 0 aliphatic heterocycles. The average molecular weight is 284 g/mol. The van der Waals surface area contributed by atoms with Crippen molar-refractivity contribution in [1.82, 2.24) is 9.97 Å². The number of nitrogens with one attached hydrogen (secondary N) is 2. The molecule has 0 fully saturated rings. The van der Waals surface area contributed by atoms with Crippen molar-refractivity contribution in [1.29, 1.82) is 0 Å². The van der Waals surface area contributed by atoms with Crippen LogP contribution in [0.1, 0.15) is 31.4 Å². The van der Waals surface area contributed by atoms with Crippen LogP contribution in [0.5, 0.6) is 0 Å². The Labute approximate surface area is 127 Å². The molecule has 2 N–H and O–H groups in total. The van der Waals surface area contributed by atoms with Crippen molar-refractivity contribution in [2.45, 2.75) is 34.1 Å². The second-order valence-electron chi connectivity index (χ2n) is 5.80. The Morgan fingerprint density at radius 2 is 1.90 bits per heavy atom. The molecule has 1 heterocycles. The fourth-order valence-electron chi connectivity index (χ4n) is 1.95. The summed E-state index contributed by atoms with van der Waals surface area (Å²) in [7, 11) is 0. The Morgan fingerprint density at radius 1 is 1.10 bits per heavy atom. The summed E-state index contributed by atoms with van der Waals surface area (Å²) < 4.78 is 0. The van der Waals surface area contributed by atoms with E-state index in [2.05, 4.69) is 60.4 Å². The molecule has 21 heavy (non-hydrogen) atoms. The molecule has 0 amide bonds. The molecule has 2 rings (SSSR count). The van der Waals surface area contributed by atoms with Gasteiger partial charge in [-0.15, -0.1) is 0 Å². The van der Waals surface area contributed by atoms with Gasteiger partial charge in [-0.05, 0) is 55.5 Å². The highest BCUT2D eigenvalue weighted by atomic mass is 15.1. The van der Waals surface area contributed by atoms with Gasteiger partial charge in [0, 0.05) is 18.4 Å². The van der Waals surface area contributed by atoms with Gasteiger partial charge in [0.15, 0.2) is 0 Å². The summed E-state index contributed by atoms with van der Waals surface area (Å²) in [6.07, 6.45) is 2.90. The predicted molar refractivity (Wildman–Crippen MR) is 89.2 cm³/mol. The Bertz CT molecular complexity index is 593. The van der Waals surface area contributed by atoms with Crippen LogP contribution in [-0.2, 0) is 0 Å². The second-order valence-corrected chi connectivity index (χ2v) is 5.80. The maximum Gasteiger partial charge on any atom is 0.229 e. The highest BCUT2D eigenvalue weighted by Crippen LogP contribution is 2.18.